The van der Waals surface area contributed by atoms with Gasteiger partial charge >= 0.3 is 0 Å². The molecule has 0 radical (unpaired) electrons. The van der Waals surface area contributed by atoms with Crippen molar-refractivity contribution in [3.8, 4) is 11.5 Å². The minimum absolute atomic E-state index is 0.00881. The van der Waals surface area contributed by atoms with Gasteiger partial charge in [0.1, 0.15) is 18.0 Å². The second-order valence-electron chi connectivity index (χ2n) is 6.44. The summed E-state index contributed by atoms with van der Waals surface area (Å²) in [6.07, 6.45) is 1.90. The number of hydrogen-bond acceptors (Lipinski definition) is 4. The van der Waals surface area contributed by atoms with Crippen LogP contribution >= 0.6 is 0 Å². The third-order valence-electron chi connectivity index (χ3n) is 4.76. The second-order valence-corrected chi connectivity index (χ2v) is 6.44. The van der Waals surface area contributed by atoms with E-state index in [9.17, 15) is 4.79 Å². The molecule has 1 amide bonds. The van der Waals surface area contributed by atoms with Crippen LogP contribution < -0.4 is 9.47 Å². The lowest BCUT2D eigenvalue weighted by molar-refractivity contribution is -0.133. The molecule has 1 aromatic carbocycles. The van der Waals surface area contributed by atoms with E-state index in [1.807, 2.05) is 43.0 Å². The quantitative estimate of drug-likeness (QED) is 0.838. The van der Waals surface area contributed by atoms with Gasteiger partial charge in [-0.2, -0.15) is 5.10 Å². The van der Waals surface area contributed by atoms with Crippen LogP contribution in [0.5, 0.6) is 11.5 Å². The van der Waals surface area contributed by atoms with Crippen LogP contribution in [0.2, 0.25) is 0 Å². The van der Waals surface area contributed by atoms with Crippen molar-refractivity contribution in [3.05, 3.63) is 41.2 Å². The van der Waals surface area contributed by atoms with Crippen LogP contribution in [-0.2, 0) is 11.3 Å². The summed E-state index contributed by atoms with van der Waals surface area (Å²) in [7, 11) is 3.30. The fourth-order valence-corrected chi connectivity index (χ4v) is 3.54. The monoisotopic (exact) mass is 343 g/mol. The number of nitrogens with zero attached hydrogens (tertiary/aromatic N) is 3. The Morgan fingerprint density at radius 3 is 2.68 bits per heavy atom. The lowest BCUT2D eigenvalue weighted by Crippen LogP contribution is -2.34. The van der Waals surface area contributed by atoms with Gasteiger partial charge in [0.05, 0.1) is 26.0 Å². The van der Waals surface area contributed by atoms with Crippen LogP contribution in [0.1, 0.15) is 35.8 Å². The highest BCUT2D eigenvalue weighted by Crippen LogP contribution is 2.39. The largest absolute Gasteiger partial charge is 0.497 e. The number of ether oxygens (including phenoxy) is 2. The van der Waals surface area contributed by atoms with Crippen molar-refractivity contribution in [1.29, 1.82) is 0 Å². The molecule has 1 aliphatic rings. The van der Waals surface area contributed by atoms with E-state index >= 15 is 0 Å². The summed E-state index contributed by atoms with van der Waals surface area (Å²) in [6.45, 7) is 4.93. The SMILES string of the molecule is COc1ccc(OC)c([C@@H]2CCCN2C(=O)Cn2nc(C)cc2C)c1. The third kappa shape index (κ3) is 3.48. The van der Waals surface area contributed by atoms with Crippen molar-refractivity contribution in [2.45, 2.75) is 39.3 Å². The Labute approximate surface area is 148 Å². The van der Waals surface area contributed by atoms with Crippen molar-refractivity contribution in [1.82, 2.24) is 14.7 Å². The third-order valence-corrected chi connectivity index (χ3v) is 4.76. The minimum Gasteiger partial charge on any atom is -0.497 e. The Balaban J connectivity index is 1.85. The first-order valence-electron chi connectivity index (χ1n) is 8.56. The lowest BCUT2D eigenvalue weighted by atomic mass is 10.0. The van der Waals surface area contributed by atoms with Crippen molar-refractivity contribution < 1.29 is 14.3 Å². The summed E-state index contributed by atoms with van der Waals surface area (Å²) in [4.78, 5) is 14.8. The smallest absolute Gasteiger partial charge is 0.244 e. The molecule has 2 aromatic rings. The number of benzene rings is 1. The van der Waals surface area contributed by atoms with E-state index in [0.717, 1.165) is 47.8 Å². The van der Waals surface area contributed by atoms with Gasteiger partial charge in [-0.05, 0) is 51.0 Å². The summed E-state index contributed by atoms with van der Waals surface area (Å²) < 4.78 is 12.6. The van der Waals surface area contributed by atoms with E-state index in [-0.39, 0.29) is 18.5 Å². The average molecular weight is 343 g/mol. The number of hydrogen-bond donors (Lipinski definition) is 0. The minimum atomic E-state index is 0.00881. The van der Waals surface area contributed by atoms with Crippen LogP contribution in [0.25, 0.3) is 0 Å². The van der Waals surface area contributed by atoms with Crippen LogP contribution in [0.4, 0.5) is 0 Å². The maximum Gasteiger partial charge on any atom is 0.244 e. The zero-order valence-electron chi connectivity index (χ0n) is 15.3. The zero-order chi connectivity index (χ0) is 18.0. The Bertz CT molecular complexity index is 769. The lowest BCUT2D eigenvalue weighted by Gasteiger charge is -2.27. The van der Waals surface area contributed by atoms with Gasteiger partial charge in [-0.25, -0.2) is 0 Å². The Morgan fingerprint density at radius 2 is 2.04 bits per heavy atom. The molecule has 1 fully saturated rings. The maximum absolute atomic E-state index is 12.9. The van der Waals surface area contributed by atoms with E-state index in [1.54, 1.807) is 18.9 Å². The number of carbonyl (C=O) groups is 1. The Hall–Kier alpha value is -2.50. The van der Waals surface area contributed by atoms with Crippen LogP contribution in [0, 0.1) is 13.8 Å². The van der Waals surface area contributed by atoms with E-state index in [4.69, 9.17) is 9.47 Å². The van der Waals surface area contributed by atoms with Crippen molar-refractivity contribution in [2.75, 3.05) is 20.8 Å². The highest BCUT2D eigenvalue weighted by molar-refractivity contribution is 5.77. The van der Waals surface area contributed by atoms with Crippen molar-refractivity contribution in [2.24, 2.45) is 0 Å². The van der Waals surface area contributed by atoms with Crippen LogP contribution in [-0.4, -0.2) is 41.4 Å². The molecule has 1 atom stereocenters. The van der Waals surface area contributed by atoms with Gasteiger partial charge in [-0.15, -0.1) is 0 Å². The number of methoxy groups -OCH3 is 2. The maximum atomic E-state index is 12.9. The molecule has 0 unspecified atom stereocenters. The summed E-state index contributed by atoms with van der Waals surface area (Å²) in [6, 6.07) is 7.74. The fraction of sp³-hybridized carbons (Fsp3) is 0.474. The van der Waals surface area contributed by atoms with Gasteiger partial charge in [-0.3, -0.25) is 9.48 Å². The average Bonchev–Trinajstić information content (AvgIpc) is 3.21. The summed E-state index contributed by atoms with van der Waals surface area (Å²) in [5, 5.41) is 4.40. The first-order valence-corrected chi connectivity index (χ1v) is 8.56. The van der Waals surface area contributed by atoms with Gasteiger partial charge < -0.3 is 14.4 Å². The second kappa shape index (κ2) is 7.17. The number of amides is 1. The molecule has 0 N–H and O–H groups in total. The van der Waals surface area contributed by atoms with Gasteiger partial charge in [0.15, 0.2) is 0 Å². The molecule has 1 aliphatic heterocycles. The Morgan fingerprint density at radius 1 is 1.24 bits per heavy atom. The number of aromatic nitrogens is 2. The summed E-state index contributed by atoms with van der Waals surface area (Å²) in [5.74, 6) is 1.64. The zero-order valence-corrected chi connectivity index (χ0v) is 15.3. The molecule has 6 heteroatoms. The fourth-order valence-electron chi connectivity index (χ4n) is 3.54. The van der Waals surface area contributed by atoms with Gasteiger partial charge in [0.2, 0.25) is 5.91 Å². The molecule has 2 heterocycles. The van der Waals surface area contributed by atoms with Crippen LogP contribution in [0.3, 0.4) is 0 Å². The highest BCUT2D eigenvalue weighted by Gasteiger charge is 2.32. The predicted octanol–water partition coefficient (Wildman–Crippen LogP) is 2.88. The number of likely N-dealkylation sites (tertiary alicyclic amines) is 1. The number of aryl methyl sites for hydroxylation is 2. The standard InChI is InChI=1S/C19H25N3O3/c1-13-10-14(2)22(20-13)12-19(23)21-9-5-6-17(21)16-11-15(24-3)7-8-18(16)25-4/h7-8,10-11,17H,5-6,9,12H2,1-4H3/t17-/m0/s1. The van der Waals surface area contributed by atoms with E-state index in [1.165, 1.54) is 0 Å². The van der Waals surface area contributed by atoms with Crippen molar-refractivity contribution >= 4 is 5.91 Å². The predicted molar refractivity (Wildman–Crippen MR) is 94.9 cm³/mol. The van der Waals surface area contributed by atoms with E-state index < -0.39 is 0 Å². The number of rotatable bonds is 5. The Kier molecular flexibility index (Phi) is 4.97. The van der Waals surface area contributed by atoms with Crippen LogP contribution in [0.15, 0.2) is 24.3 Å². The summed E-state index contributed by atoms with van der Waals surface area (Å²) >= 11 is 0. The first-order chi connectivity index (χ1) is 12.0. The first kappa shape index (κ1) is 17.3. The molecule has 0 aliphatic carbocycles. The molecule has 0 spiro atoms. The number of carbonyl (C=O) groups excluding carboxylic acids is 1. The van der Waals surface area contributed by atoms with E-state index in [2.05, 4.69) is 5.10 Å². The van der Waals surface area contributed by atoms with Gasteiger partial charge in [0, 0.05) is 17.8 Å². The molecule has 134 valence electrons. The normalized spacial score (nSPS) is 17.0. The molecule has 1 aromatic heterocycles. The molecular weight excluding hydrogens is 318 g/mol. The molecule has 1 saturated heterocycles. The molecule has 3 rings (SSSR count). The van der Waals surface area contributed by atoms with Crippen molar-refractivity contribution in [3.63, 3.8) is 0 Å². The highest BCUT2D eigenvalue weighted by atomic mass is 16.5. The van der Waals surface area contributed by atoms with Gasteiger partial charge in [0.25, 0.3) is 0 Å². The van der Waals surface area contributed by atoms with E-state index in [0.29, 0.717) is 0 Å². The molecule has 0 saturated carbocycles. The topological polar surface area (TPSA) is 56.6 Å². The molecule has 25 heavy (non-hydrogen) atoms. The summed E-state index contributed by atoms with van der Waals surface area (Å²) in [5.41, 5.74) is 2.93. The van der Waals surface area contributed by atoms with Gasteiger partial charge in [-0.1, -0.05) is 0 Å². The molecular formula is C19H25N3O3. The molecule has 0 bridgehead atoms. The molecule has 6 nitrogen and oxygen atoms in total.